The lowest BCUT2D eigenvalue weighted by Gasteiger charge is -2.17. The molecule has 2 aliphatic rings. The van der Waals surface area contributed by atoms with E-state index in [0.29, 0.717) is 11.8 Å². The van der Waals surface area contributed by atoms with Crippen LogP contribution in [0.15, 0.2) is 24.3 Å². The Morgan fingerprint density at radius 1 is 1.20 bits per heavy atom. The highest BCUT2D eigenvalue weighted by Gasteiger charge is 2.26. The summed E-state index contributed by atoms with van der Waals surface area (Å²) in [6, 6.07) is 8.99. The van der Waals surface area contributed by atoms with Gasteiger partial charge in [-0.3, -0.25) is 9.69 Å². The maximum absolute atomic E-state index is 11.9. The number of aromatic nitrogens is 1. The van der Waals surface area contributed by atoms with Gasteiger partial charge in [0.05, 0.1) is 0 Å². The Kier molecular flexibility index (Phi) is 4.55. The number of nitrogens with one attached hydrogen (secondary N) is 1. The van der Waals surface area contributed by atoms with Crippen LogP contribution < -0.4 is 5.32 Å². The third kappa shape index (κ3) is 3.90. The van der Waals surface area contributed by atoms with Crippen LogP contribution in [0.3, 0.4) is 0 Å². The van der Waals surface area contributed by atoms with Crippen molar-refractivity contribution in [3.63, 3.8) is 0 Å². The number of aryl methyl sites for hydroxylation is 2. The highest BCUT2D eigenvalue weighted by Crippen LogP contribution is 2.32. The molecule has 1 saturated heterocycles. The van der Waals surface area contributed by atoms with Crippen molar-refractivity contribution in [2.24, 2.45) is 18.9 Å². The second kappa shape index (κ2) is 6.83. The van der Waals surface area contributed by atoms with Crippen LogP contribution in [-0.4, -0.2) is 35.0 Å². The number of nitrogens with zero attached hydrogens (tertiary/aromatic N) is 2. The van der Waals surface area contributed by atoms with E-state index in [-0.39, 0.29) is 5.91 Å². The maximum Gasteiger partial charge on any atom is 0.220 e. The molecule has 4 heteroatoms. The Labute approximate surface area is 150 Å². The number of benzene rings is 1. The van der Waals surface area contributed by atoms with Crippen molar-refractivity contribution in [1.29, 1.82) is 0 Å². The summed E-state index contributed by atoms with van der Waals surface area (Å²) in [5.41, 5.74) is 4.00. The fourth-order valence-corrected chi connectivity index (χ4v) is 4.04. The minimum Gasteiger partial charge on any atom is -0.356 e. The zero-order valence-electron chi connectivity index (χ0n) is 15.4. The standard InChI is InChI=1S/C21H29N3O/c1-15-3-6-20-18(9-15)11-19(23(20)2)14-24-8-7-17(13-24)12-22-21(25)10-16-4-5-16/h3,6,9,11,16-17H,4-5,7-8,10,12-14H2,1-2H3,(H,22,25)/t17-/m1/s1. The van der Waals surface area contributed by atoms with Gasteiger partial charge in [-0.1, -0.05) is 11.6 Å². The summed E-state index contributed by atoms with van der Waals surface area (Å²) >= 11 is 0. The molecule has 2 heterocycles. The lowest BCUT2D eigenvalue weighted by molar-refractivity contribution is -0.121. The molecule has 1 aliphatic heterocycles. The van der Waals surface area contributed by atoms with E-state index in [4.69, 9.17) is 0 Å². The molecule has 1 amide bonds. The Morgan fingerprint density at radius 2 is 2.04 bits per heavy atom. The van der Waals surface area contributed by atoms with Crippen LogP contribution in [0.1, 0.15) is 36.9 Å². The Bertz CT molecular complexity index is 775. The molecule has 0 bridgehead atoms. The van der Waals surface area contributed by atoms with Crippen molar-refractivity contribution < 1.29 is 4.79 Å². The Hall–Kier alpha value is -1.81. The van der Waals surface area contributed by atoms with Gasteiger partial charge in [-0.15, -0.1) is 0 Å². The van der Waals surface area contributed by atoms with Crippen LogP contribution in [-0.2, 0) is 18.4 Å². The third-order valence-corrected chi connectivity index (χ3v) is 5.81. The first-order valence-electron chi connectivity index (χ1n) is 9.62. The van der Waals surface area contributed by atoms with Gasteiger partial charge in [-0.05, 0) is 62.8 Å². The molecule has 0 unspecified atom stereocenters. The van der Waals surface area contributed by atoms with Crippen molar-refractivity contribution in [2.45, 2.75) is 39.2 Å². The molecule has 1 N–H and O–H groups in total. The number of fused-ring (bicyclic) bond motifs is 1. The molecular formula is C21H29N3O. The number of carbonyl (C=O) groups excluding carboxylic acids is 1. The van der Waals surface area contributed by atoms with Crippen molar-refractivity contribution >= 4 is 16.8 Å². The average Bonchev–Trinajstić information content (AvgIpc) is 3.19. The zero-order valence-corrected chi connectivity index (χ0v) is 15.4. The molecule has 1 atom stereocenters. The van der Waals surface area contributed by atoms with Crippen molar-refractivity contribution in [1.82, 2.24) is 14.8 Å². The quantitative estimate of drug-likeness (QED) is 0.877. The normalized spacial score (nSPS) is 21.1. The van der Waals surface area contributed by atoms with E-state index in [1.54, 1.807) is 0 Å². The van der Waals surface area contributed by atoms with E-state index in [0.717, 1.165) is 32.6 Å². The number of hydrogen-bond acceptors (Lipinski definition) is 2. The highest BCUT2D eigenvalue weighted by molar-refractivity contribution is 5.82. The Morgan fingerprint density at radius 3 is 2.84 bits per heavy atom. The Balaban J connectivity index is 1.31. The molecule has 1 aromatic heterocycles. The number of likely N-dealkylation sites (tertiary alicyclic amines) is 1. The first kappa shape index (κ1) is 16.6. The molecule has 0 spiro atoms. The molecule has 4 nitrogen and oxygen atoms in total. The number of hydrogen-bond donors (Lipinski definition) is 1. The predicted octanol–water partition coefficient (Wildman–Crippen LogP) is 3.22. The minimum atomic E-state index is 0.255. The predicted molar refractivity (Wildman–Crippen MR) is 101 cm³/mol. The van der Waals surface area contributed by atoms with E-state index in [9.17, 15) is 4.79 Å². The average molecular weight is 339 g/mol. The van der Waals surface area contributed by atoms with Crippen molar-refractivity contribution in [3.05, 3.63) is 35.5 Å². The summed E-state index contributed by atoms with van der Waals surface area (Å²) in [5.74, 6) is 1.53. The van der Waals surface area contributed by atoms with Crippen LogP contribution in [0, 0.1) is 18.8 Å². The van der Waals surface area contributed by atoms with Crippen LogP contribution in [0.5, 0.6) is 0 Å². The van der Waals surface area contributed by atoms with Gasteiger partial charge in [0, 0.05) is 49.7 Å². The molecule has 0 radical (unpaired) electrons. The molecule has 1 saturated carbocycles. The fourth-order valence-electron chi connectivity index (χ4n) is 4.04. The highest BCUT2D eigenvalue weighted by atomic mass is 16.1. The number of amides is 1. The molecule has 1 aromatic carbocycles. The van der Waals surface area contributed by atoms with Crippen LogP contribution in [0.4, 0.5) is 0 Å². The van der Waals surface area contributed by atoms with E-state index >= 15 is 0 Å². The van der Waals surface area contributed by atoms with Crippen molar-refractivity contribution in [3.8, 4) is 0 Å². The van der Waals surface area contributed by atoms with Crippen LogP contribution in [0.25, 0.3) is 10.9 Å². The van der Waals surface area contributed by atoms with Gasteiger partial charge in [0.1, 0.15) is 0 Å². The second-order valence-electron chi connectivity index (χ2n) is 8.10. The van der Waals surface area contributed by atoms with E-state index < -0.39 is 0 Å². The zero-order chi connectivity index (χ0) is 17.4. The van der Waals surface area contributed by atoms with Gasteiger partial charge in [0.2, 0.25) is 5.91 Å². The fraction of sp³-hybridized carbons (Fsp3) is 0.571. The number of rotatable bonds is 6. The van der Waals surface area contributed by atoms with E-state index in [1.807, 2.05) is 0 Å². The first-order valence-corrected chi connectivity index (χ1v) is 9.62. The largest absolute Gasteiger partial charge is 0.356 e. The SMILES string of the molecule is Cc1ccc2c(c1)cc(CN1CC[C@H](CNC(=O)CC3CC3)C1)n2C. The van der Waals surface area contributed by atoms with Gasteiger partial charge in [-0.25, -0.2) is 0 Å². The molecular weight excluding hydrogens is 310 g/mol. The van der Waals surface area contributed by atoms with Crippen LogP contribution in [0.2, 0.25) is 0 Å². The first-order chi connectivity index (χ1) is 12.1. The topological polar surface area (TPSA) is 37.3 Å². The maximum atomic E-state index is 11.9. The summed E-state index contributed by atoms with van der Waals surface area (Å²) < 4.78 is 2.32. The summed E-state index contributed by atoms with van der Waals surface area (Å²) in [7, 11) is 2.17. The molecule has 2 fully saturated rings. The molecule has 134 valence electrons. The number of carbonyl (C=O) groups is 1. The molecule has 2 aromatic rings. The van der Waals surface area contributed by atoms with Gasteiger partial charge in [-0.2, -0.15) is 0 Å². The van der Waals surface area contributed by atoms with E-state index in [2.05, 4.69) is 53.0 Å². The third-order valence-electron chi connectivity index (χ3n) is 5.81. The van der Waals surface area contributed by atoms with Gasteiger partial charge in [0.15, 0.2) is 0 Å². The van der Waals surface area contributed by atoms with Crippen molar-refractivity contribution in [2.75, 3.05) is 19.6 Å². The minimum absolute atomic E-state index is 0.255. The lowest BCUT2D eigenvalue weighted by atomic mass is 10.1. The van der Waals surface area contributed by atoms with Gasteiger partial charge >= 0.3 is 0 Å². The summed E-state index contributed by atoms with van der Waals surface area (Å²) in [5, 5.41) is 4.48. The van der Waals surface area contributed by atoms with Gasteiger partial charge in [0.25, 0.3) is 0 Å². The lowest BCUT2D eigenvalue weighted by Crippen LogP contribution is -2.31. The summed E-state index contributed by atoms with van der Waals surface area (Å²) in [4.78, 5) is 14.4. The van der Waals surface area contributed by atoms with Gasteiger partial charge < -0.3 is 9.88 Å². The van der Waals surface area contributed by atoms with E-state index in [1.165, 1.54) is 41.4 Å². The smallest absolute Gasteiger partial charge is 0.220 e. The monoisotopic (exact) mass is 339 g/mol. The molecule has 25 heavy (non-hydrogen) atoms. The summed E-state index contributed by atoms with van der Waals surface area (Å²) in [6.07, 6.45) is 4.42. The molecule has 1 aliphatic carbocycles. The second-order valence-corrected chi connectivity index (χ2v) is 8.10. The van der Waals surface area contributed by atoms with Crippen LogP contribution >= 0.6 is 0 Å². The molecule has 4 rings (SSSR count). The summed E-state index contributed by atoms with van der Waals surface area (Å²) in [6.45, 7) is 6.20.